The van der Waals surface area contributed by atoms with E-state index in [0.717, 1.165) is 22.6 Å². The van der Waals surface area contributed by atoms with E-state index in [2.05, 4.69) is 134 Å². The first kappa shape index (κ1) is 20.4. The molecule has 4 aromatic carbocycles. The van der Waals surface area contributed by atoms with E-state index in [1.165, 1.54) is 28.1 Å². The SMILES string of the molecule is CC1(C)c2ccccc2N(c2cc(-c3ccccc3)cc(-c3ccccc3)n2)c2ccccc21. The van der Waals surface area contributed by atoms with Gasteiger partial charge in [0.2, 0.25) is 0 Å². The predicted octanol–water partition coefficient (Wildman–Crippen LogP) is 8.52. The van der Waals surface area contributed by atoms with Crippen LogP contribution in [0.2, 0.25) is 0 Å². The average Bonchev–Trinajstić information content (AvgIpc) is 2.90. The number of fused-ring (bicyclic) bond motifs is 2. The molecule has 0 bridgehead atoms. The maximum Gasteiger partial charge on any atom is 0.138 e. The van der Waals surface area contributed by atoms with E-state index in [1.54, 1.807) is 0 Å². The fraction of sp³-hybridized carbons (Fsp3) is 0.0938. The molecule has 2 heteroatoms. The van der Waals surface area contributed by atoms with Crippen molar-refractivity contribution < 1.29 is 0 Å². The molecule has 0 amide bonds. The molecule has 0 saturated carbocycles. The minimum atomic E-state index is -0.0943. The largest absolute Gasteiger partial charge is 0.294 e. The smallest absolute Gasteiger partial charge is 0.138 e. The fourth-order valence-electron chi connectivity index (χ4n) is 5.10. The summed E-state index contributed by atoms with van der Waals surface area (Å²) in [6.07, 6.45) is 0. The second kappa shape index (κ2) is 8.00. The molecule has 0 N–H and O–H groups in total. The summed E-state index contributed by atoms with van der Waals surface area (Å²) in [6, 6.07) is 42.8. The fourth-order valence-corrected chi connectivity index (χ4v) is 5.10. The van der Waals surface area contributed by atoms with Crippen molar-refractivity contribution in [1.29, 1.82) is 0 Å². The molecule has 0 unspecified atom stereocenters. The third-order valence-electron chi connectivity index (χ3n) is 6.85. The number of hydrogen-bond acceptors (Lipinski definition) is 2. The van der Waals surface area contributed by atoms with Crippen LogP contribution in [0.4, 0.5) is 17.2 Å². The van der Waals surface area contributed by atoms with Crippen molar-refractivity contribution in [2.45, 2.75) is 19.3 Å². The maximum atomic E-state index is 5.22. The zero-order valence-electron chi connectivity index (χ0n) is 19.4. The molecule has 0 spiro atoms. The number of pyridine rings is 1. The van der Waals surface area contributed by atoms with Gasteiger partial charge in [-0.3, -0.25) is 4.90 Å². The van der Waals surface area contributed by atoms with E-state index in [-0.39, 0.29) is 5.41 Å². The second-order valence-corrected chi connectivity index (χ2v) is 9.33. The summed E-state index contributed by atoms with van der Waals surface area (Å²) in [5.41, 5.74) is 9.31. The number of anilines is 3. The van der Waals surface area contributed by atoms with Crippen LogP contribution in [0.5, 0.6) is 0 Å². The number of aromatic nitrogens is 1. The first-order valence-corrected chi connectivity index (χ1v) is 11.7. The van der Waals surface area contributed by atoms with Crippen molar-refractivity contribution >= 4 is 17.2 Å². The van der Waals surface area contributed by atoms with Crippen molar-refractivity contribution in [3.63, 3.8) is 0 Å². The van der Waals surface area contributed by atoms with E-state index in [4.69, 9.17) is 4.98 Å². The van der Waals surface area contributed by atoms with Crippen LogP contribution >= 0.6 is 0 Å². The van der Waals surface area contributed by atoms with E-state index in [0.29, 0.717) is 0 Å². The van der Waals surface area contributed by atoms with E-state index < -0.39 is 0 Å². The summed E-state index contributed by atoms with van der Waals surface area (Å²) in [5.74, 6) is 0.926. The molecular formula is C32H26N2. The zero-order chi connectivity index (χ0) is 23.1. The first-order valence-electron chi connectivity index (χ1n) is 11.7. The number of hydrogen-bond donors (Lipinski definition) is 0. The highest BCUT2D eigenvalue weighted by Gasteiger charge is 2.37. The molecule has 1 aromatic heterocycles. The second-order valence-electron chi connectivity index (χ2n) is 9.33. The molecule has 5 aromatic rings. The molecule has 6 rings (SSSR count). The Bertz CT molecular complexity index is 1360. The van der Waals surface area contributed by atoms with Crippen LogP contribution in [0.25, 0.3) is 22.4 Å². The monoisotopic (exact) mass is 438 g/mol. The van der Waals surface area contributed by atoms with Gasteiger partial charge in [0.15, 0.2) is 0 Å². The highest BCUT2D eigenvalue weighted by Crippen LogP contribution is 2.51. The number of para-hydroxylation sites is 2. The van der Waals surface area contributed by atoms with E-state index >= 15 is 0 Å². The van der Waals surface area contributed by atoms with E-state index in [1.807, 2.05) is 6.07 Å². The van der Waals surface area contributed by atoms with Crippen LogP contribution in [0.1, 0.15) is 25.0 Å². The van der Waals surface area contributed by atoms with Crippen molar-refractivity contribution in [2.75, 3.05) is 4.90 Å². The third kappa shape index (κ3) is 3.31. The van der Waals surface area contributed by atoms with Crippen LogP contribution in [0.15, 0.2) is 121 Å². The lowest BCUT2D eigenvalue weighted by molar-refractivity contribution is 0.631. The van der Waals surface area contributed by atoms with Gasteiger partial charge in [-0.2, -0.15) is 0 Å². The third-order valence-corrected chi connectivity index (χ3v) is 6.85. The Balaban J connectivity index is 1.64. The molecule has 0 fully saturated rings. The standard InChI is InChI=1S/C32H26N2/c1-32(2)26-17-9-11-19-29(26)34(30-20-12-10-18-27(30)32)31-22-25(23-13-5-3-6-14-23)21-28(33-31)24-15-7-4-8-16-24/h3-22H,1-2H3. The van der Waals surface area contributed by atoms with Gasteiger partial charge in [0, 0.05) is 11.0 Å². The van der Waals surface area contributed by atoms with E-state index in [9.17, 15) is 0 Å². The summed E-state index contributed by atoms with van der Waals surface area (Å²) in [7, 11) is 0. The van der Waals surface area contributed by atoms with Gasteiger partial charge in [-0.15, -0.1) is 0 Å². The molecule has 0 atom stereocenters. The van der Waals surface area contributed by atoms with Crippen LogP contribution in [0.3, 0.4) is 0 Å². The topological polar surface area (TPSA) is 16.1 Å². The first-order chi connectivity index (χ1) is 16.6. The van der Waals surface area contributed by atoms with Crippen molar-refractivity contribution in [3.05, 3.63) is 132 Å². The zero-order valence-corrected chi connectivity index (χ0v) is 19.4. The van der Waals surface area contributed by atoms with Gasteiger partial charge in [0.25, 0.3) is 0 Å². The van der Waals surface area contributed by atoms with Crippen LogP contribution in [-0.4, -0.2) is 4.98 Å². The minimum Gasteiger partial charge on any atom is -0.294 e. The Labute approximate surface area is 201 Å². The quantitative estimate of drug-likeness (QED) is 0.281. The van der Waals surface area contributed by atoms with Crippen molar-refractivity contribution in [3.8, 4) is 22.4 Å². The lowest BCUT2D eigenvalue weighted by Gasteiger charge is -2.41. The summed E-state index contributed by atoms with van der Waals surface area (Å²) < 4.78 is 0. The summed E-state index contributed by atoms with van der Waals surface area (Å²) in [5, 5.41) is 0. The Hall–Kier alpha value is -4.17. The Morgan fingerprint density at radius 2 is 1.03 bits per heavy atom. The Morgan fingerprint density at radius 1 is 0.529 bits per heavy atom. The molecule has 34 heavy (non-hydrogen) atoms. The van der Waals surface area contributed by atoms with Crippen LogP contribution < -0.4 is 4.90 Å². The van der Waals surface area contributed by atoms with Gasteiger partial charge in [-0.25, -0.2) is 4.98 Å². The Kier molecular flexibility index (Phi) is 4.81. The molecule has 1 aliphatic rings. The lowest BCUT2D eigenvalue weighted by atomic mass is 9.73. The van der Waals surface area contributed by atoms with Gasteiger partial charge in [-0.1, -0.05) is 111 Å². The molecule has 164 valence electrons. The average molecular weight is 439 g/mol. The molecule has 2 nitrogen and oxygen atoms in total. The Morgan fingerprint density at radius 3 is 1.62 bits per heavy atom. The highest BCUT2D eigenvalue weighted by atomic mass is 15.2. The molecule has 2 heterocycles. The van der Waals surface area contributed by atoms with Gasteiger partial charge in [-0.05, 0) is 46.5 Å². The molecule has 0 aliphatic carbocycles. The lowest BCUT2D eigenvalue weighted by Crippen LogP contribution is -2.30. The van der Waals surface area contributed by atoms with Gasteiger partial charge in [0.1, 0.15) is 5.82 Å². The molecule has 0 radical (unpaired) electrons. The highest BCUT2D eigenvalue weighted by molar-refractivity contribution is 5.87. The molecule has 1 aliphatic heterocycles. The van der Waals surface area contributed by atoms with Crippen LogP contribution in [-0.2, 0) is 5.41 Å². The summed E-state index contributed by atoms with van der Waals surface area (Å²) in [4.78, 5) is 7.55. The van der Waals surface area contributed by atoms with Gasteiger partial charge in [0.05, 0.1) is 17.1 Å². The van der Waals surface area contributed by atoms with Gasteiger partial charge < -0.3 is 0 Å². The number of nitrogens with zero attached hydrogens (tertiary/aromatic N) is 2. The van der Waals surface area contributed by atoms with Crippen LogP contribution in [0, 0.1) is 0 Å². The summed E-state index contributed by atoms with van der Waals surface area (Å²) in [6.45, 7) is 4.62. The minimum absolute atomic E-state index is 0.0943. The predicted molar refractivity (Wildman–Crippen MR) is 142 cm³/mol. The van der Waals surface area contributed by atoms with Crippen molar-refractivity contribution in [2.24, 2.45) is 0 Å². The van der Waals surface area contributed by atoms with Crippen molar-refractivity contribution in [1.82, 2.24) is 4.98 Å². The number of rotatable bonds is 3. The van der Waals surface area contributed by atoms with Gasteiger partial charge >= 0.3 is 0 Å². The normalized spacial score (nSPS) is 13.8. The number of benzene rings is 4. The molecule has 0 saturated heterocycles. The molecular weight excluding hydrogens is 412 g/mol. The summed E-state index contributed by atoms with van der Waals surface area (Å²) >= 11 is 0. The maximum absolute atomic E-state index is 5.22.